The first-order chi connectivity index (χ1) is 14.0. The van der Waals surface area contributed by atoms with Crippen LogP contribution in [0, 0.1) is 0 Å². The monoisotopic (exact) mass is 531 g/mol. The number of aliphatic hydroxyl groups is 1. The molecule has 3 atom stereocenters. The Hall–Kier alpha value is -1.33. The summed E-state index contributed by atoms with van der Waals surface area (Å²) in [6, 6.07) is 1.51. The lowest BCUT2D eigenvalue weighted by molar-refractivity contribution is -0.0602. The highest BCUT2D eigenvalue weighted by atomic mass is 31.2. The van der Waals surface area contributed by atoms with E-state index in [9.17, 15) is 9.90 Å². The molecule has 18 nitrogen and oxygen atoms in total. The Balaban J connectivity index is 0. The maximum absolute atomic E-state index is 11.6. The zero-order valence-corrected chi connectivity index (χ0v) is 18.8. The van der Waals surface area contributed by atoms with Gasteiger partial charge in [-0.25, -0.2) is 18.5 Å². The average Bonchev–Trinajstić information content (AvgIpc) is 2.78. The molecule has 1 aromatic rings. The molecule has 0 spiro atoms. The molecule has 32 heavy (non-hydrogen) atoms. The van der Waals surface area contributed by atoms with Gasteiger partial charge in [-0.3, -0.25) is 4.57 Å². The van der Waals surface area contributed by atoms with Crippen LogP contribution in [-0.2, 0) is 18.4 Å². The molecule has 0 saturated carbocycles. The van der Waals surface area contributed by atoms with Gasteiger partial charge in [-0.2, -0.15) is 4.98 Å². The van der Waals surface area contributed by atoms with Crippen LogP contribution in [0.1, 0.15) is 19.6 Å². The number of hydrogen-bond acceptors (Lipinski definition) is 8. The van der Waals surface area contributed by atoms with E-state index in [0.717, 1.165) is 0 Å². The Morgan fingerprint density at radius 3 is 1.75 bits per heavy atom. The van der Waals surface area contributed by atoms with Crippen LogP contribution in [0.2, 0.25) is 0 Å². The van der Waals surface area contributed by atoms with Crippen molar-refractivity contribution in [2.24, 2.45) is 0 Å². The normalized spacial score (nSPS) is 22.8. The van der Waals surface area contributed by atoms with Crippen LogP contribution in [0.5, 0.6) is 0 Å². The Morgan fingerprint density at radius 1 is 1.09 bits per heavy atom. The third kappa shape index (κ3) is 19.4. The maximum atomic E-state index is 11.6. The summed E-state index contributed by atoms with van der Waals surface area (Å²) in [5.74, 6) is 0.163. The molecule has 2 rings (SSSR count). The minimum atomic E-state index is -4.64. The first-order valence-electron chi connectivity index (χ1n) is 7.65. The van der Waals surface area contributed by atoms with Gasteiger partial charge in [0.1, 0.15) is 17.6 Å². The summed E-state index contributed by atoms with van der Waals surface area (Å²) in [5, 5.41) is 9.87. The molecule has 0 aromatic carbocycles. The molecule has 12 N–H and O–H groups in total. The second kappa shape index (κ2) is 12.8. The highest BCUT2D eigenvalue weighted by Crippen LogP contribution is 2.36. The molecule has 1 saturated heterocycles. The van der Waals surface area contributed by atoms with Crippen molar-refractivity contribution < 1.29 is 67.6 Å². The molecule has 1 aliphatic heterocycles. The number of nitrogen functional groups attached to an aromatic ring is 1. The largest absolute Gasteiger partial charge is 0.466 e. The second-order valence-corrected chi connectivity index (χ2v) is 8.87. The van der Waals surface area contributed by atoms with Crippen molar-refractivity contribution in [3.63, 3.8) is 0 Å². The van der Waals surface area contributed by atoms with E-state index in [1.165, 1.54) is 22.9 Å². The molecule has 1 fully saturated rings. The fourth-order valence-corrected chi connectivity index (χ4v) is 1.84. The number of ether oxygens (including phenoxy) is 1. The summed E-state index contributed by atoms with van der Waals surface area (Å²) in [7, 11) is -13.9. The van der Waals surface area contributed by atoms with Crippen LogP contribution in [0.4, 0.5) is 5.82 Å². The predicted molar refractivity (Wildman–Crippen MR) is 105 cm³/mol. The zero-order valence-electron chi connectivity index (χ0n) is 16.1. The number of phosphoric acid groups is 3. The van der Waals surface area contributed by atoms with Gasteiger partial charge in [0.15, 0.2) is 0 Å². The molecule has 1 aliphatic rings. The average molecular weight is 531 g/mol. The summed E-state index contributed by atoms with van der Waals surface area (Å²) in [4.78, 5) is 79.9. The Bertz CT molecular complexity index is 864. The highest BCUT2D eigenvalue weighted by Gasteiger charge is 2.43. The van der Waals surface area contributed by atoms with Crippen LogP contribution in [0.25, 0.3) is 0 Å². The number of hydrogen-bond donors (Lipinski definition) is 11. The SMILES string of the molecule is C=C[C@@]1(C)O[C@@H](n2ccc(N)nc2=O)C[C@@H]1O.O=P(O)(O)O.O=P(O)(O)O.O=P(O)(O)O. The molecule has 0 aliphatic carbocycles. The molecule has 2 heterocycles. The molecular weight excluding hydrogens is 507 g/mol. The van der Waals surface area contributed by atoms with E-state index in [0.29, 0.717) is 6.42 Å². The number of aliphatic hydroxyl groups excluding tert-OH is 1. The van der Waals surface area contributed by atoms with Crippen molar-refractivity contribution in [3.05, 3.63) is 35.4 Å². The van der Waals surface area contributed by atoms with Crippen molar-refractivity contribution in [2.45, 2.75) is 31.3 Å². The highest BCUT2D eigenvalue weighted by molar-refractivity contribution is 7.45. The van der Waals surface area contributed by atoms with Crippen molar-refractivity contribution in [1.82, 2.24) is 9.55 Å². The summed E-state index contributed by atoms with van der Waals surface area (Å²) >= 11 is 0. The molecule has 0 bridgehead atoms. The summed E-state index contributed by atoms with van der Waals surface area (Å²) in [6.45, 7) is 5.34. The third-order valence-electron chi connectivity index (χ3n) is 3.04. The van der Waals surface area contributed by atoms with Gasteiger partial charge in [-0.15, -0.1) is 6.58 Å². The number of anilines is 1. The summed E-state index contributed by atoms with van der Waals surface area (Å²) in [6.07, 6.45) is 2.11. The van der Waals surface area contributed by atoms with E-state index in [2.05, 4.69) is 11.6 Å². The number of aromatic nitrogens is 2. The van der Waals surface area contributed by atoms with Crippen LogP contribution < -0.4 is 11.4 Å². The van der Waals surface area contributed by atoms with Crippen LogP contribution >= 0.6 is 23.5 Å². The fraction of sp³-hybridized carbons (Fsp3) is 0.455. The van der Waals surface area contributed by atoms with Gasteiger partial charge in [0.2, 0.25) is 0 Å². The Labute approximate surface area is 179 Å². The Kier molecular flexibility index (Phi) is 13.1. The van der Waals surface area contributed by atoms with Gasteiger partial charge in [-0.05, 0) is 13.0 Å². The van der Waals surface area contributed by atoms with E-state index < -0.39 is 47.1 Å². The molecule has 0 unspecified atom stereocenters. The molecule has 0 radical (unpaired) electrons. The topological polar surface area (TPSA) is 324 Å². The third-order valence-corrected chi connectivity index (χ3v) is 3.04. The molecule has 0 amide bonds. The molecule has 1 aromatic heterocycles. The van der Waals surface area contributed by atoms with Crippen molar-refractivity contribution in [3.8, 4) is 0 Å². The van der Waals surface area contributed by atoms with Crippen LogP contribution in [-0.4, -0.2) is 70.4 Å². The van der Waals surface area contributed by atoms with Crippen molar-refractivity contribution in [2.75, 3.05) is 5.73 Å². The van der Waals surface area contributed by atoms with Gasteiger partial charge in [0.25, 0.3) is 0 Å². The van der Waals surface area contributed by atoms with E-state index in [1.807, 2.05) is 0 Å². The molecular formula is C11H24N3O15P3. The zero-order chi connectivity index (χ0) is 26.1. The van der Waals surface area contributed by atoms with Crippen molar-refractivity contribution in [1.29, 1.82) is 0 Å². The van der Waals surface area contributed by atoms with E-state index in [4.69, 9.17) is 68.2 Å². The molecule has 188 valence electrons. The number of rotatable bonds is 2. The van der Waals surface area contributed by atoms with Gasteiger partial charge >= 0.3 is 29.2 Å². The van der Waals surface area contributed by atoms with E-state index >= 15 is 0 Å². The summed E-state index contributed by atoms with van der Waals surface area (Å²) < 4.78 is 33.6. The van der Waals surface area contributed by atoms with Gasteiger partial charge in [-0.1, -0.05) is 6.08 Å². The van der Waals surface area contributed by atoms with Gasteiger partial charge < -0.3 is 59.6 Å². The lowest BCUT2D eigenvalue weighted by Gasteiger charge is -2.23. The fourth-order valence-electron chi connectivity index (χ4n) is 1.84. The second-order valence-electron chi connectivity index (χ2n) is 5.79. The van der Waals surface area contributed by atoms with Crippen LogP contribution in [0.3, 0.4) is 0 Å². The minimum Gasteiger partial charge on any atom is -0.390 e. The minimum absolute atomic E-state index is 0.163. The first kappa shape index (κ1) is 32.8. The predicted octanol–water partition coefficient (Wildman–Crippen LogP) is -2.74. The number of nitrogens with two attached hydrogens (primary N) is 1. The quantitative estimate of drug-likeness (QED) is 0.136. The van der Waals surface area contributed by atoms with Crippen molar-refractivity contribution >= 4 is 29.3 Å². The molecule has 21 heteroatoms. The lowest BCUT2D eigenvalue weighted by Crippen LogP contribution is -2.33. The van der Waals surface area contributed by atoms with E-state index in [1.54, 1.807) is 6.92 Å². The van der Waals surface area contributed by atoms with Gasteiger partial charge in [0, 0.05) is 12.6 Å². The first-order valence-corrected chi connectivity index (χ1v) is 12.3. The van der Waals surface area contributed by atoms with E-state index in [-0.39, 0.29) is 5.82 Å². The number of nitrogens with zero attached hydrogens (tertiary/aromatic N) is 2. The smallest absolute Gasteiger partial charge is 0.390 e. The summed E-state index contributed by atoms with van der Waals surface area (Å²) in [5.41, 5.74) is 4.07. The maximum Gasteiger partial charge on any atom is 0.466 e. The lowest BCUT2D eigenvalue weighted by atomic mass is 10.00. The van der Waals surface area contributed by atoms with Crippen LogP contribution in [0.15, 0.2) is 29.7 Å². The Morgan fingerprint density at radius 2 is 1.47 bits per heavy atom. The van der Waals surface area contributed by atoms with Gasteiger partial charge in [0.05, 0.1) is 6.10 Å². The standard InChI is InChI=1S/C11H15N3O3.3H3O4P/c1-3-11(2)7(15)6-9(17-11)14-5-4-8(12)13-10(14)16;3*1-5(2,3)4/h3-5,7,9,15H,1,6H2,2H3,(H2,12,13,16);3*(H3,1,2,3,4)/t7-,9+,11+;;;/m0.../s1.